The van der Waals surface area contributed by atoms with Crippen LogP contribution in [0, 0.1) is 0 Å². The third-order valence-electron chi connectivity index (χ3n) is 3.94. The zero-order chi connectivity index (χ0) is 19.9. The largest absolute Gasteiger partial charge is 0.385 e. The Hall–Kier alpha value is -1.64. The Morgan fingerprint density at radius 1 is 1.07 bits per heavy atom. The highest BCUT2D eigenvalue weighted by Gasteiger charge is 2.04. The Labute approximate surface area is 171 Å². The summed E-state index contributed by atoms with van der Waals surface area (Å²) >= 11 is 3.36. The fourth-order valence-corrected chi connectivity index (χ4v) is 2.64. The minimum absolute atomic E-state index is 0.0542. The molecular formula is C19H32BrN5O2. The lowest BCUT2D eigenvalue weighted by atomic mass is 10.2. The number of ether oxygens (including phenoxy) is 1. The topological polar surface area (TPSA) is 78.0 Å². The molecule has 0 atom stereocenters. The summed E-state index contributed by atoms with van der Waals surface area (Å²) in [6.45, 7) is 4.92. The summed E-state index contributed by atoms with van der Waals surface area (Å²) < 4.78 is 6.02. The van der Waals surface area contributed by atoms with Crippen molar-refractivity contribution in [3.63, 3.8) is 0 Å². The number of likely N-dealkylation sites (N-methyl/N-ethyl adjacent to an activating group) is 1. The minimum atomic E-state index is -0.0542. The van der Waals surface area contributed by atoms with Gasteiger partial charge in [-0.25, -0.2) is 0 Å². The van der Waals surface area contributed by atoms with Gasteiger partial charge < -0.3 is 25.6 Å². The second-order valence-corrected chi connectivity index (χ2v) is 7.11. The number of hydrogen-bond donors (Lipinski definition) is 3. The number of benzene rings is 1. The summed E-state index contributed by atoms with van der Waals surface area (Å²) in [5.74, 6) is 0.723. The Bertz CT molecular complexity index is 566. The number of hydrogen-bond acceptors (Lipinski definition) is 4. The van der Waals surface area contributed by atoms with Gasteiger partial charge in [0.05, 0.1) is 0 Å². The number of halogens is 1. The molecule has 0 saturated carbocycles. The van der Waals surface area contributed by atoms with Gasteiger partial charge in [0.2, 0.25) is 0 Å². The molecule has 0 unspecified atom stereocenters. The summed E-state index contributed by atoms with van der Waals surface area (Å²) in [6, 6.07) is 7.33. The molecule has 0 aliphatic rings. The molecule has 1 amide bonds. The molecule has 27 heavy (non-hydrogen) atoms. The smallest absolute Gasteiger partial charge is 0.251 e. The first-order valence-corrected chi connectivity index (χ1v) is 10.0. The Balaban J connectivity index is 2.11. The van der Waals surface area contributed by atoms with Crippen LogP contribution in [0.15, 0.2) is 33.7 Å². The molecular weight excluding hydrogens is 410 g/mol. The van der Waals surface area contributed by atoms with Crippen LogP contribution in [0.2, 0.25) is 0 Å². The van der Waals surface area contributed by atoms with Gasteiger partial charge in [-0.05, 0) is 44.2 Å². The van der Waals surface area contributed by atoms with Crippen LogP contribution in [0.3, 0.4) is 0 Å². The molecule has 0 aliphatic heterocycles. The molecule has 3 N–H and O–H groups in total. The van der Waals surface area contributed by atoms with Gasteiger partial charge in [0, 0.05) is 63.5 Å². The van der Waals surface area contributed by atoms with E-state index in [-0.39, 0.29) is 5.91 Å². The number of aliphatic imine (C=N–C) groups is 1. The monoisotopic (exact) mass is 441 g/mol. The van der Waals surface area contributed by atoms with E-state index in [0.29, 0.717) is 12.1 Å². The van der Waals surface area contributed by atoms with E-state index in [1.165, 1.54) is 0 Å². The van der Waals surface area contributed by atoms with E-state index in [1.54, 1.807) is 26.3 Å². The maximum Gasteiger partial charge on any atom is 0.251 e. The number of rotatable bonds is 12. The molecule has 152 valence electrons. The van der Waals surface area contributed by atoms with Crippen molar-refractivity contribution in [1.82, 2.24) is 20.9 Å². The maximum absolute atomic E-state index is 12.0. The summed E-state index contributed by atoms with van der Waals surface area (Å²) in [5, 5.41) is 9.48. The molecule has 1 rings (SSSR count). The molecule has 0 bridgehead atoms. The average molecular weight is 442 g/mol. The highest BCUT2D eigenvalue weighted by Crippen LogP contribution is 2.10. The predicted octanol–water partition coefficient (Wildman–Crippen LogP) is 1.70. The van der Waals surface area contributed by atoms with Gasteiger partial charge in [0.15, 0.2) is 5.96 Å². The van der Waals surface area contributed by atoms with Crippen LogP contribution >= 0.6 is 15.9 Å². The Morgan fingerprint density at radius 3 is 2.41 bits per heavy atom. The van der Waals surface area contributed by atoms with Crippen molar-refractivity contribution in [2.24, 2.45) is 4.99 Å². The highest BCUT2D eigenvalue weighted by molar-refractivity contribution is 9.10. The average Bonchev–Trinajstić information content (AvgIpc) is 2.67. The maximum atomic E-state index is 12.0. The Kier molecular flexibility index (Phi) is 12.5. The number of guanidine groups is 1. The molecule has 0 aromatic heterocycles. The van der Waals surface area contributed by atoms with Crippen LogP contribution in [0.4, 0.5) is 0 Å². The summed E-state index contributed by atoms with van der Waals surface area (Å²) in [7, 11) is 5.58. The molecule has 1 aromatic rings. The van der Waals surface area contributed by atoms with E-state index in [4.69, 9.17) is 4.74 Å². The van der Waals surface area contributed by atoms with Gasteiger partial charge in [-0.15, -0.1) is 0 Å². The summed E-state index contributed by atoms with van der Waals surface area (Å²) in [6.07, 6.45) is 1.85. The highest BCUT2D eigenvalue weighted by atomic mass is 79.9. The van der Waals surface area contributed by atoms with E-state index in [0.717, 1.165) is 56.1 Å². The fraction of sp³-hybridized carbons (Fsp3) is 0.579. The molecule has 0 radical (unpaired) electrons. The van der Waals surface area contributed by atoms with Crippen molar-refractivity contribution in [1.29, 1.82) is 0 Å². The molecule has 0 heterocycles. The zero-order valence-electron chi connectivity index (χ0n) is 16.6. The molecule has 1 aromatic carbocycles. The van der Waals surface area contributed by atoms with Crippen LogP contribution in [0.5, 0.6) is 0 Å². The molecule has 0 aliphatic carbocycles. The second kappa shape index (κ2) is 14.4. The van der Waals surface area contributed by atoms with Crippen molar-refractivity contribution in [2.75, 3.05) is 60.5 Å². The van der Waals surface area contributed by atoms with Crippen molar-refractivity contribution >= 4 is 27.8 Å². The van der Waals surface area contributed by atoms with Gasteiger partial charge in [-0.1, -0.05) is 15.9 Å². The normalized spacial score (nSPS) is 11.5. The molecule has 8 heteroatoms. The second-order valence-electron chi connectivity index (χ2n) is 6.19. The van der Waals surface area contributed by atoms with Crippen LogP contribution in [0.25, 0.3) is 0 Å². The number of methoxy groups -OCH3 is 1. The SMILES string of the molecule is CN=C(NCCCNC(=O)c1ccc(Br)cc1)NCCN(C)CCCOC. The first-order chi connectivity index (χ1) is 13.1. The molecule has 0 saturated heterocycles. The lowest BCUT2D eigenvalue weighted by Gasteiger charge is -2.18. The van der Waals surface area contributed by atoms with Gasteiger partial charge >= 0.3 is 0 Å². The molecule has 0 fully saturated rings. The van der Waals surface area contributed by atoms with Crippen LogP contribution < -0.4 is 16.0 Å². The third-order valence-corrected chi connectivity index (χ3v) is 4.46. The molecule has 7 nitrogen and oxygen atoms in total. The number of amides is 1. The number of carbonyl (C=O) groups is 1. The fourth-order valence-electron chi connectivity index (χ4n) is 2.38. The zero-order valence-corrected chi connectivity index (χ0v) is 18.1. The van der Waals surface area contributed by atoms with Gasteiger partial charge in [0.25, 0.3) is 5.91 Å². The Morgan fingerprint density at radius 2 is 1.74 bits per heavy atom. The van der Waals surface area contributed by atoms with E-state index in [1.807, 2.05) is 12.1 Å². The first-order valence-electron chi connectivity index (χ1n) is 9.22. The quantitative estimate of drug-likeness (QED) is 0.261. The van der Waals surface area contributed by atoms with Crippen LogP contribution in [-0.2, 0) is 4.74 Å². The molecule has 0 spiro atoms. The lowest BCUT2D eigenvalue weighted by Crippen LogP contribution is -2.42. The lowest BCUT2D eigenvalue weighted by molar-refractivity contribution is 0.0953. The van der Waals surface area contributed by atoms with Crippen molar-refractivity contribution in [2.45, 2.75) is 12.8 Å². The van der Waals surface area contributed by atoms with Gasteiger partial charge in [-0.2, -0.15) is 0 Å². The number of carbonyl (C=O) groups excluding carboxylic acids is 1. The van der Waals surface area contributed by atoms with Crippen molar-refractivity contribution < 1.29 is 9.53 Å². The van der Waals surface area contributed by atoms with E-state index in [9.17, 15) is 4.79 Å². The van der Waals surface area contributed by atoms with Crippen LogP contribution in [-0.4, -0.2) is 77.3 Å². The van der Waals surface area contributed by atoms with E-state index in [2.05, 4.69) is 48.8 Å². The van der Waals surface area contributed by atoms with Crippen LogP contribution in [0.1, 0.15) is 23.2 Å². The third kappa shape index (κ3) is 10.9. The van der Waals surface area contributed by atoms with Gasteiger partial charge in [-0.3, -0.25) is 9.79 Å². The summed E-state index contributed by atoms with van der Waals surface area (Å²) in [5.41, 5.74) is 0.665. The van der Waals surface area contributed by atoms with Crippen molar-refractivity contribution in [3.05, 3.63) is 34.3 Å². The van der Waals surface area contributed by atoms with E-state index < -0.39 is 0 Å². The summed E-state index contributed by atoms with van der Waals surface area (Å²) in [4.78, 5) is 18.5. The minimum Gasteiger partial charge on any atom is -0.385 e. The first kappa shape index (κ1) is 23.4. The van der Waals surface area contributed by atoms with Gasteiger partial charge in [0.1, 0.15) is 0 Å². The van der Waals surface area contributed by atoms with Crippen molar-refractivity contribution in [3.8, 4) is 0 Å². The standard InChI is InChI=1S/C19H32BrN5O2/c1-21-19(24-12-14-25(2)13-5-15-27-3)23-11-4-10-22-18(26)16-6-8-17(20)9-7-16/h6-9H,4-5,10-15H2,1-3H3,(H,22,26)(H2,21,23,24). The number of nitrogens with one attached hydrogen (secondary N) is 3. The van der Waals surface area contributed by atoms with E-state index >= 15 is 0 Å². The predicted molar refractivity (Wildman–Crippen MR) is 114 cm³/mol. The number of nitrogens with zero attached hydrogens (tertiary/aromatic N) is 2.